The van der Waals surface area contributed by atoms with Gasteiger partial charge in [-0.05, 0) is 52.4 Å². The molecule has 0 aromatic heterocycles. The molecule has 0 fully saturated rings. The van der Waals surface area contributed by atoms with Gasteiger partial charge in [0.25, 0.3) is 5.91 Å². The minimum atomic E-state index is -1.23. The number of hydrogen-bond donors (Lipinski definition) is 3. The Morgan fingerprint density at radius 1 is 1.07 bits per heavy atom. The topological polar surface area (TPSA) is 87.3 Å². The van der Waals surface area contributed by atoms with Gasteiger partial charge in [0.1, 0.15) is 6.04 Å². The number of likely N-dealkylation sites (N-methyl/N-ethyl adjacent to an activating group) is 1. The van der Waals surface area contributed by atoms with E-state index in [0.29, 0.717) is 5.56 Å². The third-order valence-corrected chi connectivity index (χ3v) is 4.56. The van der Waals surface area contributed by atoms with Gasteiger partial charge >= 0.3 is 0 Å². The van der Waals surface area contributed by atoms with E-state index in [2.05, 4.69) is 16.0 Å². The summed E-state index contributed by atoms with van der Waals surface area (Å²) in [6, 6.07) is 8.51. The average Bonchev–Trinajstić information content (AvgIpc) is 2.66. The van der Waals surface area contributed by atoms with Crippen molar-refractivity contribution in [2.75, 3.05) is 13.6 Å². The van der Waals surface area contributed by atoms with Gasteiger partial charge in [-0.3, -0.25) is 14.4 Å². The number of halogens is 3. The number of benzene rings is 2. The van der Waals surface area contributed by atoms with E-state index in [0.717, 1.165) is 15.7 Å². The fourth-order valence-electron chi connectivity index (χ4n) is 2.25. The molecule has 0 aliphatic rings. The molecule has 27 heavy (non-hydrogen) atoms. The minimum absolute atomic E-state index is 0.0746. The monoisotopic (exact) mass is 487 g/mol. The number of rotatable bonds is 6. The first-order chi connectivity index (χ1) is 12.8. The van der Waals surface area contributed by atoms with Crippen LogP contribution in [-0.4, -0.2) is 31.3 Å². The van der Waals surface area contributed by atoms with Gasteiger partial charge < -0.3 is 16.0 Å². The van der Waals surface area contributed by atoms with E-state index in [1.165, 1.54) is 13.1 Å². The molecule has 0 aliphatic carbocycles. The minimum Gasteiger partial charge on any atom is -0.357 e. The van der Waals surface area contributed by atoms with Crippen molar-refractivity contribution in [1.29, 1.82) is 0 Å². The predicted molar refractivity (Wildman–Crippen MR) is 103 cm³/mol. The standard InChI is InChI=1S/C18H16F2IN3O3/c1-22-18(27)16(10-6-7-12(19)13(20)8-10)24-15(25)9-23-17(26)11-4-2-3-5-14(11)21/h2-8,16H,9H2,1H3,(H,22,27)(H,23,26)(H,24,25). The first-order valence-electron chi connectivity index (χ1n) is 7.82. The molecule has 9 heteroatoms. The summed E-state index contributed by atoms with van der Waals surface area (Å²) in [5.74, 6) is -3.92. The molecule has 0 radical (unpaired) electrons. The van der Waals surface area contributed by atoms with Crippen LogP contribution < -0.4 is 16.0 Å². The third kappa shape index (κ3) is 5.46. The number of carbonyl (C=O) groups is 3. The Morgan fingerprint density at radius 3 is 2.41 bits per heavy atom. The maximum atomic E-state index is 13.4. The summed E-state index contributed by atoms with van der Waals surface area (Å²) in [5.41, 5.74) is 0.486. The number of amides is 3. The SMILES string of the molecule is CNC(=O)C(NC(=O)CNC(=O)c1ccccc1I)c1ccc(F)c(F)c1. The van der Waals surface area contributed by atoms with E-state index in [1.807, 2.05) is 22.6 Å². The van der Waals surface area contributed by atoms with Crippen LogP contribution in [0.3, 0.4) is 0 Å². The largest absolute Gasteiger partial charge is 0.357 e. The third-order valence-electron chi connectivity index (χ3n) is 3.62. The van der Waals surface area contributed by atoms with Crippen molar-refractivity contribution in [3.63, 3.8) is 0 Å². The molecule has 6 nitrogen and oxygen atoms in total. The van der Waals surface area contributed by atoms with Crippen LogP contribution in [0, 0.1) is 15.2 Å². The summed E-state index contributed by atoms with van der Waals surface area (Å²) in [6.07, 6.45) is 0. The molecule has 1 unspecified atom stereocenters. The zero-order chi connectivity index (χ0) is 20.0. The second kappa shape index (κ2) is 9.40. The van der Waals surface area contributed by atoms with Gasteiger partial charge in [0.15, 0.2) is 11.6 Å². The van der Waals surface area contributed by atoms with Gasteiger partial charge in [0.05, 0.1) is 12.1 Å². The second-order valence-electron chi connectivity index (χ2n) is 5.45. The highest BCUT2D eigenvalue weighted by molar-refractivity contribution is 14.1. The van der Waals surface area contributed by atoms with E-state index in [-0.39, 0.29) is 12.1 Å². The molecule has 2 aromatic carbocycles. The quantitative estimate of drug-likeness (QED) is 0.545. The average molecular weight is 487 g/mol. The Labute approximate surface area is 167 Å². The maximum Gasteiger partial charge on any atom is 0.252 e. The lowest BCUT2D eigenvalue weighted by Crippen LogP contribution is -2.43. The van der Waals surface area contributed by atoms with Gasteiger partial charge in [0, 0.05) is 10.6 Å². The summed E-state index contributed by atoms with van der Waals surface area (Å²) >= 11 is 2.00. The number of hydrogen-bond acceptors (Lipinski definition) is 3. The van der Waals surface area contributed by atoms with Gasteiger partial charge in [-0.25, -0.2) is 8.78 Å². The fraction of sp³-hybridized carbons (Fsp3) is 0.167. The Bertz CT molecular complexity index is 877. The van der Waals surface area contributed by atoms with Crippen LogP contribution in [0.25, 0.3) is 0 Å². The van der Waals surface area contributed by atoms with Crippen molar-refractivity contribution < 1.29 is 23.2 Å². The summed E-state index contributed by atoms with van der Waals surface area (Å²) in [4.78, 5) is 36.3. The van der Waals surface area contributed by atoms with Crippen molar-refractivity contribution in [2.24, 2.45) is 0 Å². The molecule has 0 bridgehead atoms. The number of nitrogens with one attached hydrogen (secondary N) is 3. The van der Waals surface area contributed by atoms with Crippen molar-refractivity contribution in [2.45, 2.75) is 6.04 Å². The lowest BCUT2D eigenvalue weighted by atomic mass is 10.1. The smallest absolute Gasteiger partial charge is 0.252 e. The van der Waals surface area contributed by atoms with Crippen LogP contribution in [0.15, 0.2) is 42.5 Å². The first kappa shape index (κ1) is 20.7. The van der Waals surface area contributed by atoms with Crippen molar-refractivity contribution in [3.8, 4) is 0 Å². The summed E-state index contributed by atoms with van der Waals surface area (Å²) in [5, 5.41) is 7.19. The second-order valence-corrected chi connectivity index (χ2v) is 6.61. The molecule has 3 N–H and O–H groups in total. The molecule has 0 saturated carbocycles. The lowest BCUT2D eigenvalue weighted by Gasteiger charge is -2.18. The summed E-state index contributed by atoms with van der Waals surface area (Å²) in [6.45, 7) is -0.388. The van der Waals surface area contributed by atoms with E-state index in [1.54, 1.807) is 24.3 Å². The normalized spacial score (nSPS) is 11.4. The van der Waals surface area contributed by atoms with E-state index in [9.17, 15) is 23.2 Å². The Balaban J connectivity index is 2.05. The zero-order valence-electron chi connectivity index (χ0n) is 14.2. The van der Waals surface area contributed by atoms with Gasteiger partial charge in [-0.2, -0.15) is 0 Å². The van der Waals surface area contributed by atoms with Crippen molar-refractivity contribution >= 4 is 40.3 Å². The molecule has 0 heterocycles. The lowest BCUT2D eigenvalue weighted by molar-refractivity contribution is -0.128. The van der Waals surface area contributed by atoms with Crippen LogP contribution in [0.5, 0.6) is 0 Å². The molecule has 1 atom stereocenters. The van der Waals surface area contributed by atoms with Crippen LogP contribution in [-0.2, 0) is 9.59 Å². The molecule has 0 saturated heterocycles. The number of carbonyl (C=O) groups excluding carboxylic acids is 3. The maximum absolute atomic E-state index is 13.4. The highest BCUT2D eigenvalue weighted by Crippen LogP contribution is 2.17. The van der Waals surface area contributed by atoms with Crippen molar-refractivity contribution in [3.05, 3.63) is 68.8 Å². The van der Waals surface area contributed by atoms with Crippen LogP contribution in [0.1, 0.15) is 22.0 Å². The summed E-state index contributed by atoms with van der Waals surface area (Å²) in [7, 11) is 1.35. The molecule has 0 spiro atoms. The molecule has 2 aromatic rings. The Morgan fingerprint density at radius 2 is 1.78 bits per heavy atom. The van der Waals surface area contributed by atoms with Gasteiger partial charge in [0.2, 0.25) is 11.8 Å². The predicted octanol–water partition coefficient (Wildman–Crippen LogP) is 1.90. The van der Waals surface area contributed by atoms with Crippen molar-refractivity contribution in [1.82, 2.24) is 16.0 Å². The van der Waals surface area contributed by atoms with Gasteiger partial charge in [-0.15, -0.1) is 0 Å². The molecular weight excluding hydrogens is 471 g/mol. The summed E-state index contributed by atoms with van der Waals surface area (Å²) < 4.78 is 27.3. The Hall–Kier alpha value is -2.56. The highest BCUT2D eigenvalue weighted by Gasteiger charge is 2.23. The van der Waals surface area contributed by atoms with E-state index in [4.69, 9.17) is 0 Å². The van der Waals surface area contributed by atoms with E-state index < -0.39 is 35.4 Å². The zero-order valence-corrected chi connectivity index (χ0v) is 16.3. The van der Waals surface area contributed by atoms with Gasteiger partial charge in [-0.1, -0.05) is 18.2 Å². The molecule has 0 aliphatic heterocycles. The first-order valence-corrected chi connectivity index (χ1v) is 8.90. The molecule has 142 valence electrons. The fourth-order valence-corrected chi connectivity index (χ4v) is 2.88. The molecular formula is C18H16F2IN3O3. The van der Waals surface area contributed by atoms with Crippen LogP contribution in [0.4, 0.5) is 8.78 Å². The molecule has 3 amide bonds. The Kier molecular flexibility index (Phi) is 7.22. The van der Waals surface area contributed by atoms with E-state index >= 15 is 0 Å². The molecule has 2 rings (SSSR count). The highest BCUT2D eigenvalue weighted by atomic mass is 127. The van der Waals surface area contributed by atoms with Crippen LogP contribution in [0.2, 0.25) is 0 Å². The van der Waals surface area contributed by atoms with Crippen LogP contribution >= 0.6 is 22.6 Å².